The second-order valence-corrected chi connectivity index (χ2v) is 5.99. The van der Waals surface area contributed by atoms with Gasteiger partial charge in [0.2, 0.25) is 0 Å². The molecule has 0 spiro atoms. The summed E-state index contributed by atoms with van der Waals surface area (Å²) in [6.07, 6.45) is 3.90. The second kappa shape index (κ2) is 6.59. The first-order chi connectivity index (χ1) is 9.65. The quantitative estimate of drug-likeness (QED) is 0.839. The molecule has 3 nitrogen and oxygen atoms in total. The summed E-state index contributed by atoms with van der Waals surface area (Å²) < 4.78 is 5.53. The minimum atomic E-state index is -0.496. The predicted molar refractivity (Wildman–Crippen MR) is 81.7 cm³/mol. The maximum Gasteiger partial charge on any atom is 0.119 e. The summed E-state index contributed by atoms with van der Waals surface area (Å²) in [5.41, 5.74) is 6.80. The molecule has 112 valence electrons. The van der Waals surface area contributed by atoms with Crippen molar-refractivity contribution in [3.05, 3.63) is 29.8 Å². The van der Waals surface area contributed by atoms with Crippen LogP contribution < -0.4 is 10.5 Å². The summed E-state index contributed by atoms with van der Waals surface area (Å²) in [6.45, 7) is 5.37. The van der Waals surface area contributed by atoms with Gasteiger partial charge in [-0.05, 0) is 49.8 Å². The van der Waals surface area contributed by atoms with Crippen LogP contribution in [0.3, 0.4) is 0 Å². The van der Waals surface area contributed by atoms with E-state index < -0.39 is 6.10 Å². The number of nitrogens with two attached hydrogens (primary N) is 1. The first kappa shape index (κ1) is 15.3. The SMILES string of the molecule is CCOc1cccc(C(O)C2(CN)CCC(CC)C2)c1. The van der Waals surface area contributed by atoms with Crippen LogP contribution in [0.15, 0.2) is 24.3 Å². The van der Waals surface area contributed by atoms with Gasteiger partial charge in [-0.3, -0.25) is 0 Å². The number of aliphatic hydroxyl groups is 1. The lowest BCUT2D eigenvalue weighted by molar-refractivity contribution is 0.0300. The van der Waals surface area contributed by atoms with Gasteiger partial charge in [-0.1, -0.05) is 25.5 Å². The van der Waals surface area contributed by atoms with E-state index in [2.05, 4.69) is 6.92 Å². The minimum absolute atomic E-state index is 0.161. The number of hydrogen-bond donors (Lipinski definition) is 2. The molecular formula is C17H27NO2. The molecule has 0 aromatic heterocycles. The normalized spacial score (nSPS) is 27.5. The molecule has 3 unspecified atom stereocenters. The molecule has 1 saturated carbocycles. The van der Waals surface area contributed by atoms with E-state index in [0.29, 0.717) is 19.1 Å². The Morgan fingerprint density at radius 3 is 2.85 bits per heavy atom. The number of rotatable bonds is 6. The first-order valence-electron chi connectivity index (χ1n) is 7.76. The fourth-order valence-electron chi connectivity index (χ4n) is 3.46. The third-order valence-corrected chi connectivity index (χ3v) is 4.79. The standard InChI is InChI=1S/C17H27NO2/c1-3-13-8-9-17(11-13,12-18)16(19)14-6-5-7-15(10-14)20-4-2/h5-7,10,13,16,19H,3-4,8-9,11-12,18H2,1-2H3. The van der Waals surface area contributed by atoms with Crippen LogP contribution in [0.25, 0.3) is 0 Å². The zero-order chi connectivity index (χ0) is 14.6. The average molecular weight is 277 g/mol. The fourth-order valence-corrected chi connectivity index (χ4v) is 3.46. The first-order valence-corrected chi connectivity index (χ1v) is 7.76. The van der Waals surface area contributed by atoms with Crippen LogP contribution in [0.1, 0.15) is 51.2 Å². The van der Waals surface area contributed by atoms with E-state index in [1.807, 2.05) is 31.2 Å². The van der Waals surface area contributed by atoms with Crippen molar-refractivity contribution in [1.29, 1.82) is 0 Å². The summed E-state index contributed by atoms with van der Waals surface area (Å²) in [5, 5.41) is 10.8. The summed E-state index contributed by atoms with van der Waals surface area (Å²) >= 11 is 0. The zero-order valence-corrected chi connectivity index (χ0v) is 12.6. The van der Waals surface area contributed by atoms with Crippen molar-refractivity contribution < 1.29 is 9.84 Å². The molecule has 1 aromatic rings. The number of hydrogen-bond acceptors (Lipinski definition) is 3. The number of benzene rings is 1. The Labute approximate surface area is 122 Å². The highest BCUT2D eigenvalue weighted by Crippen LogP contribution is 2.50. The Bertz CT molecular complexity index is 435. The van der Waals surface area contributed by atoms with Gasteiger partial charge in [0, 0.05) is 12.0 Å². The smallest absolute Gasteiger partial charge is 0.119 e. The largest absolute Gasteiger partial charge is 0.494 e. The van der Waals surface area contributed by atoms with E-state index in [1.54, 1.807) is 0 Å². The van der Waals surface area contributed by atoms with E-state index in [-0.39, 0.29) is 5.41 Å². The Morgan fingerprint density at radius 2 is 2.25 bits per heavy atom. The van der Waals surface area contributed by atoms with Gasteiger partial charge < -0.3 is 15.6 Å². The van der Waals surface area contributed by atoms with Gasteiger partial charge in [-0.25, -0.2) is 0 Å². The molecule has 1 aromatic carbocycles. The zero-order valence-electron chi connectivity index (χ0n) is 12.6. The Hall–Kier alpha value is -1.06. The second-order valence-electron chi connectivity index (χ2n) is 5.99. The minimum Gasteiger partial charge on any atom is -0.494 e. The number of aliphatic hydroxyl groups excluding tert-OH is 1. The van der Waals surface area contributed by atoms with Crippen molar-refractivity contribution in [2.45, 2.75) is 45.6 Å². The lowest BCUT2D eigenvalue weighted by atomic mass is 9.76. The maximum atomic E-state index is 10.8. The number of ether oxygens (including phenoxy) is 1. The summed E-state index contributed by atoms with van der Waals surface area (Å²) in [4.78, 5) is 0. The van der Waals surface area contributed by atoms with Crippen LogP contribution >= 0.6 is 0 Å². The Morgan fingerprint density at radius 1 is 1.45 bits per heavy atom. The third-order valence-electron chi connectivity index (χ3n) is 4.79. The van der Waals surface area contributed by atoms with Crippen molar-refractivity contribution in [3.63, 3.8) is 0 Å². The van der Waals surface area contributed by atoms with Crippen LogP contribution in [0.2, 0.25) is 0 Å². The van der Waals surface area contributed by atoms with Crippen molar-refractivity contribution >= 4 is 0 Å². The van der Waals surface area contributed by atoms with Crippen LogP contribution in [-0.2, 0) is 0 Å². The van der Waals surface area contributed by atoms with Gasteiger partial charge in [-0.2, -0.15) is 0 Å². The molecule has 0 bridgehead atoms. The molecule has 3 heteroatoms. The summed E-state index contributed by atoms with van der Waals surface area (Å²) in [6, 6.07) is 7.80. The lowest BCUT2D eigenvalue weighted by Crippen LogP contribution is -2.34. The monoisotopic (exact) mass is 277 g/mol. The predicted octanol–water partition coefficient (Wildman–Crippen LogP) is 3.27. The summed E-state index contributed by atoms with van der Waals surface area (Å²) in [7, 11) is 0. The van der Waals surface area contributed by atoms with Gasteiger partial charge in [0.25, 0.3) is 0 Å². The fraction of sp³-hybridized carbons (Fsp3) is 0.647. The molecule has 3 atom stereocenters. The van der Waals surface area contributed by atoms with Gasteiger partial charge in [0.1, 0.15) is 5.75 Å². The molecule has 0 heterocycles. The van der Waals surface area contributed by atoms with Gasteiger partial charge in [0.15, 0.2) is 0 Å². The summed E-state index contributed by atoms with van der Waals surface area (Å²) in [5.74, 6) is 1.52. The molecule has 0 aliphatic heterocycles. The van der Waals surface area contributed by atoms with E-state index in [0.717, 1.165) is 24.2 Å². The van der Waals surface area contributed by atoms with Gasteiger partial charge in [-0.15, -0.1) is 0 Å². The lowest BCUT2D eigenvalue weighted by Gasteiger charge is -2.34. The van der Waals surface area contributed by atoms with Crippen molar-refractivity contribution in [1.82, 2.24) is 0 Å². The van der Waals surface area contributed by atoms with Gasteiger partial charge in [0.05, 0.1) is 12.7 Å². The van der Waals surface area contributed by atoms with Crippen molar-refractivity contribution in [2.24, 2.45) is 17.1 Å². The molecular weight excluding hydrogens is 250 g/mol. The van der Waals surface area contributed by atoms with Crippen LogP contribution in [0.4, 0.5) is 0 Å². The average Bonchev–Trinajstić information content (AvgIpc) is 2.92. The van der Waals surface area contributed by atoms with Crippen molar-refractivity contribution in [2.75, 3.05) is 13.2 Å². The third kappa shape index (κ3) is 2.99. The van der Waals surface area contributed by atoms with Crippen LogP contribution in [0.5, 0.6) is 5.75 Å². The Kier molecular flexibility index (Phi) is 5.06. The topological polar surface area (TPSA) is 55.5 Å². The maximum absolute atomic E-state index is 10.8. The van der Waals surface area contributed by atoms with Crippen LogP contribution in [0, 0.1) is 11.3 Å². The van der Waals surface area contributed by atoms with E-state index in [4.69, 9.17) is 10.5 Å². The molecule has 2 rings (SSSR count). The molecule has 0 radical (unpaired) electrons. The van der Waals surface area contributed by atoms with Crippen LogP contribution in [-0.4, -0.2) is 18.3 Å². The molecule has 0 amide bonds. The molecule has 1 aliphatic carbocycles. The highest BCUT2D eigenvalue weighted by molar-refractivity contribution is 5.31. The van der Waals surface area contributed by atoms with E-state index in [1.165, 1.54) is 12.8 Å². The van der Waals surface area contributed by atoms with E-state index in [9.17, 15) is 5.11 Å². The molecule has 1 fully saturated rings. The molecule has 0 saturated heterocycles. The van der Waals surface area contributed by atoms with E-state index >= 15 is 0 Å². The van der Waals surface area contributed by atoms with Gasteiger partial charge >= 0.3 is 0 Å². The molecule has 1 aliphatic rings. The molecule has 20 heavy (non-hydrogen) atoms. The molecule has 3 N–H and O–H groups in total. The van der Waals surface area contributed by atoms with Crippen molar-refractivity contribution in [3.8, 4) is 5.75 Å². The Balaban J connectivity index is 2.20. The highest BCUT2D eigenvalue weighted by Gasteiger charge is 2.43. The highest BCUT2D eigenvalue weighted by atomic mass is 16.5.